The third-order valence-corrected chi connectivity index (χ3v) is 6.48. The van der Waals surface area contributed by atoms with Crippen LogP contribution in [0, 0.1) is 11.8 Å². The first-order chi connectivity index (χ1) is 12.1. The minimum Gasteiger partial charge on any atom is -0.387 e. The Morgan fingerprint density at radius 3 is 2.60 bits per heavy atom. The van der Waals surface area contributed by atoms with Crippen molar-refractivity contribution in [2.45, 2.75) is 51.2 Å². The average Bonchev–Trinajstić information content (AvgIpc) is 2.98. The van der Waals surface area contributed by atoms with Gasteiger partial charge >= 0.3 is 0 Å². The van der Waals surface area contributed by atoms with Gasteiger partial charge in [0.15, 0.2) is 0 Å². The number of aliphatic hydroxyl groups excluding tert-OH is 1. The minimum atomic E-state index is -0.383. The van der Waals surface area contributed by atoms with Crippen molar-refractivity contribution in [1.82, 2.24) is 9.80 Å². The SMILES string of the molecule is C[C@@H]1CCCN(C(=O)C2CCN([C@H]3Cc4ccccc4[C@H]3O)CC2)C1. The summed E-state index contributed by atoms with van der Waals surface area (Å²) in [7, 11) is 0. The molecule has 0 aromatic heterocycles. The minimum absolute atomic E-state index is 0.183. The van der Waals surface area contributed by atoms with Crippen LogP contribution < -0.4 is 0 Å². The van der Waals surface area contributed by atoms with E-state index in [0.717, 1.165) is 57.4 Å². The Kier molecular flexibility index (Phi) is 4.83. The van der Waals surface area contributed by atoms with Crippen molar-refractivity contribution in [2.75, 3.05) is 26.2 Å². The lowest BCUT2D eigenvalue weighted by Crippen LogP contribution is -2.48. The molecule has 1 aliphatic carbocycles. The zero-order valence-corrected chi connectivity index (χ0v) is 15.2. The van der Waals surface area contributed by atoms with Crippen molar-refractivity contribution in [3.63, 3.8) is 0 Å². The Balaban J connectivity index is 1.34. The standard InChI is InChI=1S/C21H30N2O2/c1-15-5-4-10-23(14-15)21(25)16-8-11-22(12-9-16)19-13-17-6-2-3-7-18(17)20(19)24/h2-3,6-7,15-16,19-20,24H,4-5,8-14H2,1H3/t15-,19+,20-/m1/s1. The van der Waals surface area contributed by atoms with Gasteiger partial charge in [0.1, 0.15) is 0 Å². The lowest BCUT2D eigenvalue weighted by Gasteiger charge is -2.39. The van der Waals surface area contributed by atoms with E-state index in [2.05, 4.69) is 28.9 Å². The molecule has 1 N–H and O–H groups in total. The smallest absolute Gasteiger partial charge is 0.225 e. The molecule has 0 spiro atoms. The fraction of sp³-hybridized carbons (Fsp3) is 0.667. The number of fused-ring (bicyclic) bond motifs is 1. The van der Waals surface area contributed by atoms with Gasteiger partial charge in [-0.05, 0) is 62.2 Å². The van der Waals surface area contributed by atoms with Crippen molar-refractivity contribution in [1.29, 1.82) is 0 Å². The highest BCUT2D eigenvalue weighted by molar-refractivity contribution is 5.79. The maximum atomic E-state index is 12.8. The summed E-state index contributed by atoms with van der Waals surface area (Å²) in [5.74, 6) is 1.20. The second-order valence-electron chi connectivity index (χ2n) is 8.26. The number of benzene rings is 1. The van der Waals surface area contributed by atoms with E-state index in [-0.39, 0.29) is 18.1 Å². The predicted molar refractivity (Wildman–Crippen MR) is 98.2 cm³/mol. The Labute approximate surface area is 150 Å². The average molecular weight is 342 g/mol. The number of piperidine rings is 2. The van der Waals surface area contributed by atoms with Crippen LogP contribution in [0.3, 0.4) is 0 Å². The van der Waals surface area contributed by atoms with Gasteiger partial charge in [-0.3, -0.25) is 9.69 Å². The first kappa shape index (κ1) is 17.0. The lowest BCUT2D eigenvalue weighted by atomic mass is 9.91. The van der Waals surface area contributed by atoms with Gasteiger partial charge in [-0.1, -0.05) is 31.2 Å². The molecular formula is C21H30N2O2. The summed E-state index contributed by atoms with van der Waals surface area (Å²) >= 11 is 0. The summed E-state index contributed by atoms with van der Waals surface area (Å²) in [6.45, 7) is 5.99. The van der Waals surface area contributed by atoms with Crippen molar-refractivity contribution in [3.05, 3.63) is 35.4 Å². The van der Waals surface area contributed by atoms with Gasteiger partial charge < -0.3 is 10.0 Å². The number of likely N-dealkylation sites (tertiary alicyclic amines) is 2. The molecule has 1 aromatic rings. The van der Waals surface area contributed by atoms with Crippen molar-refractivity contribution < 1.29 is 9.90 Å². The highest BCUT2D eigenvalue weighted by atomic mass is 16.3. The number of amides is 1. The lowest BCUT2D eigenvalue weighted by molar-refractivity contribution is -0.139. The zero-order valence-electron chi connectivity index (χ0n) is 15.2. The number of nitrogens with zero attached hydrogens (tertiary/aromatic N) is 2. The van der Waals surface area contributed by atoms with E-state index >= 15 is 0 Å². The molecule has 0 radical (unpaired) electrons. The predicted octanol–water partition coefficient (Wildman–Crippen LogP) is 2.62. The molecule has 2 fully saturated rings. The summed E-state index contributed by atoms with van der Waals surface area (Å²) in [5.41, 5.74) is 2.37. The molecule has 0 bridgehead atoms. The molecule has 25 heavy (non-hydrogen) atoms. The molecule has 2 aliphatic heterocycles. The number of carbonyl (C=O) groups excluding carboxylic acids is 1. The quantitative estimate of drug-likeness (QED) is 0.898. The van der Waals surface area contributed by atoms with Crippen LogP contribution in [0.1, 0.15) is 49.8 Å². The zero-order chi connectivity index (χ0) is 17.4. The molecule has 1 amide bonds. The van der Waals surface area contributed by atoms with Crippen LogP contribution in [0.5, 0.6) is 0 Å². The summed E-state index contributed by atoms with van der Waals surface area (Å²) in [5, 5.41) is 10.7. The Morgan fingerprint density at radius 2 is 1.88 bits per heavy atom. The van der Waals surface area contributed by atoms with E-state index in [1.54, 1.807) is 0 Å². The second-order valence-corrected chi connectivity index (χ2v) is 8.26. The fourth-order valence-electron chi connectivity index (χ4n) is 5.01. The van der Waals surface area contributed by atoms with E-state index in [1.807, 2.05) is 12.1 Å². The number of rotatable bonds is 2. The molecule has 0 unspecified atom stereocenters. The van der Waals surface area contributed by atoms with Crippen LogP contribution >= 0.6 is 0 Å². The summed E-state index contributed by atoms with van der Waals surface area (Å²) in [6, 6.07) is 8.43. The maximum Gasteiger partial charge on any atom is 0.225 e. The Morgan fingerprint density at radius 1 is 1.12 bits per heavy atom. The van der Waals surface area contributed by atoms with Gasteiger partial charge in [0.2, 0.25) is 5.91 Å². The third-order valence-electron chi connectivity index (χ3n) is 6.48. The van der Waals surface area contributed by atoms with E-state index in [0.29, 0.717) is 11.8 Å². The Bertz CT molecular complexity index is 624. The first-order valence-corrected chi connectivity index (χ1v) is 9.92. The monoisotopic (exact) mass is 342 g/mol. The molecule has 2 saturated heterocycles. The van der Waals surface area contributed by atoms with Crippen LogP contribution in [-0.4, -0.2) is 53.0 Å². The van der Waals surface area contributed by atoms with Crippen LogP contribution in [0.4, 0.5) is 0 Å². The first-order valence-electron chi connectivity index (χ1n) is 9.92. The van der Waals surface area contributed by atoms with Crippen LogP contribution in [0.15, 0.2) is 24.3 Å². The van der Waals surface area contributed by atoms with Crippen LogP contribution in [-0.2, 0) is 11.2 Å². The normalized spacial score (nSPS) is 31.1. The van der Waals surface area contributed by atoms with Gasteiger partial charge in [-0.15, -0.1) is 0 Å². The fourth-order valence-corrected chi connectivity index (χ4v) is 5.01. The largest absolute Gasteiger partial charge is 0.387 e. The van der Waals surface area contributed by atoms with E-state index in [9.17, 15) is 9.90 Å². The molecule has 4 heteroatoms. The van der Waals surface area contributed by atoms with Gasteiger partial charge in [0, 0.05) is 25.0 Å². The highest BCUT2D eigenvalue weighted by Gasteiger charge is 2.38. The molecule has 3 aliphatic rings. The number of aliphatic hydroxyl groups is 1. The van der Waals surface area contributed by atoms with Crippen LogP contribution in [0.2, 0.25) is 0 Å². The van der Waals surface area contributed by atoms with Gasteiger partial charge in [0.05, 0.1) is 6.10 Å². The second kappa shape index (κ2) is 7.08. The van der Waals surface area contributed by atoms with Gasteiger partial charge in [-0.25, -0.2) is 0 Å². The van der Waals surface area contributed by atoms with Crippen molar-refractivity contribution in [3.8, 4) is 0 Å². The summed E-state index contributed by atoms with van der Waals surface area (Å²) in [6.07, 6.45) is 4.82. The molecule has 4 rings (SSSR count). The van der Waals surface area contributed by atoms with E-state index in [4.69, 9.17) is 0 Å². The van der Waals surface area contributed by atoms with Crippen molar-refractivity contribution in [2.24, 2.45) is 11.8 Å². The molecule has 1 aromatic carbocycles. The number of hydrogen-bond donors (Lipinski definition) is 1. The van der Waals surface area contributed by atoms with Gasteiger partial charge in [0.25, 0.3) is 0 Å². The number of carbonyl (C=O) groups is 1. The molecule has 4 nitrogen and oxygen atoms in total. The third kappa shape index (κ3) is 3.34. The summed E-state index contributed by atoms with van der Waals surface area (Å²) < 4.78 is 0. The van der Waals surface area contributed by atoms with Crippen LogP contribution in [0.25, 0.3) is 0 Å². The maximum absolute atomic E-state index is 12.8. The molecular weight excluding hydrogens is 312 g/mol. The van der Waals surface area contributed by atoms with E-state index < -0.39 is 0 Å². The summed E-state index contributed by atoms with van der Waals surface area (Å²) in [4.78, 5) is 17.3. The number of hydrogen-bond acceptors (Lipinski definition) is 3. The topological polar surface area (TPSA) is 43.8 Å². The van der Waals surface area contributed by atoms with Gasteiger partial charge in [-0.2, -0.15) is 0 Å². The van der Waals surface area contributed by atoms with E-state index in [1.165, 1.54) is 12.0 Å². The molecule has 136 valence electrons. The molecule has 2 heterocycles. The highest BCUT2D eigenvalue weighted by Crippen LogP contribution is 2.36. The molecule has 0 saturated carbocycles. The van der Waals surface area contributed by atoms with Crippen molar-refractivity contribution >= 4 is 5.91 Å². The Hall–Kier alpha value is -1.39. The molecule has 3 atom stereocenters.